The number of piperidine rings is 1. The van der Waals surface area contributed by atoms with Crippen molar-refractivity contribution in [3.05, 3.63) is 58.9 Å². The molecule has 1 amide bonds. The van der Waals surface area contributed by atoms with Crippen molar-refractivity contribution in [3.63, 3.8) is 0 Å². The number of aryl methyl sites for hydroxylation is 1. The summed E-state index contributed by atoms with van der Waals surface area (Å²) < 4.78 is 1.83. The van der Waals surface area contributed by atoms with Gasteiger partial charge in [0, 0.05) is 54.1 Å². The molecule has 162 valence electrons. The minimum atomic E-state index is -0.0341. The molecule has 0 radical (unpaired) electrons. The van der Waals surface area contributed by atoms with Crippen molar-refractivity contribution < 1.29 is 4.79 Å². The van der Waals surface area contributed by atoms with Gasteiger partial charge in [0.15, 0.2) is 0 Å². The topological polar surface area (TPSA) is 51.0 Å². The van der Waals surface area contributed by atoms with Gasteiger partial charge in [-0.05, 0) is 49.6 Å². The average Bonchev–Trinajstić information content (AvgIpc) is 3.14. The molecule has 31 heavy (non-hydrogen) atoms. The van der Waals surface area contributed by atoms with Crippen LogP contribution in [0.4, 0.5) is 0 Å². The number of halogens is 1. The van der Waals surface area contributed by atoms with E-state index in [-0.39, 0.29) is 11.3 Å². The summed E-state index contributed by atoms with van der Waals surface area (Å²) in [6, 6.07) is 11.7. The lowest BCUT2D eigenvalue weighted by atomic mass is 9.90. The Bertz CT molecular complexity index is 1110. The summed E-state index contributed by atoms with van der Waals surface area (Å²) in [5.74, 6) is 0.0605. The summed E-state index contributed by atoms with van der Waals surface area (Å²) >= 11 is 6.64. The normalized spacial score (nSPS) is 14.7. The lowest BCUT2D eigenvalue weighted by Crippen LogP contribution is -2.35. The van der Waals surface area contributed by atoms with E-state index in [0.29, 0.717) is 10.6 Å². The molecular weight excluding hydrogens is 408 g/mol. The van der Waals surface area contributed by atoms with E-state index in [9.17, 15) is 4.79 Å². The predicted molar refractivity (Wildman–Crippen MR) is 125 cm³/mol. The van der Waals surface area contributed by atoms with Crippen LogP contribution in [0, 0.1) is 0 Å². The molecule has 1 aliphatic rings. The smallest absolute Gasteiger partial charge is 0.253 e. The third-order valence-corrected chi connectivity index (χ3v) is 6.15. The average molecular weight is 437 g/mol. The maximum atomic E-state index is 12.8. The van der Waals surface area contributed by atoms with Crippen LogP contribution in [0.15, 0.2) is 42.6 Å². The molecule has 1 aliphatic heterocycles. The Morgan fingerprint density at radius 3 is 2.45 bits per heavy atom. The summed E-state index contributed by atoms with van der Waals surface area (Å²) in [5, 5.41) is 5.27. The number of rotatable bonds is 3. The van der Waals surface area contributed by atoms with E-state index in [2.05, 4.69) is 31.8 Å². The maximum Gasteiger partial charge on any atom is 0.253 e. The van der Waals surface area contributed by atoms with Gasteiger partial charge in [-0.3, -0.25) is 14.5 Å². The van der Waals surface area contributed by atoms with Crippen LogP contribution in [0.5, 0.6) is 0 Å². The number of hydrogen-bond donors (Lipinski definition) is 0. The largest absolute Gasteiger partial charge is 0.339 e. The Morgan fingerprint density at radius 2 is 1.77 bits per heavy atom. The molecule has 0 atom stereocenters. The highest BCUT2D eigenvalue weighted by atomic mass is 35.5. The molecule has 1 saturated heterocycles. The molecule has 0 bridgehead atoms. The van der Waals surface area contributed by atoms with E-state index in [1.165, 1.54) is 6.42 Å². The SMILES string of the molecule is Cn1nc(-c2ccnc(C(C)(C)C)c2)cc1-c1ccc(C(=O)N2CCCCC2)cc1Cl. The number of benzene rings is 1. The van der Waals surface area contributed by atoms with Crippen molar-refractivity contribution in [2.24, 2.45) is 7.05 Å². The minimum Gasteiger partial charge on any atom is -0.339 e. The van der Waals surface area contributed by atoms with Gasteiger partial charge < -0.3 is 4.90 Å². The molecule has 0 aliphatic carbocycles. The van der Waals surface area contributed by atoms with Crippen LogP contribution in [0.1, 0.15) is 56.1 Å². The van der Waals surface area contributed by atoms with Crippen molar-refractivity contribution in [1.82, 2.24) is 19.7 Å². The number of carbonyl (C=O) groups is 1. The van der Waals surface area contributed by atoms with Gasteiger partial charge in [-0.15, -0.1) is 0 Å². The first-order valence-corrected chi connectivity index (χ1v) is 11.2. The number of likely N-dealkylation sites (tertiary alicyclic amines) is 1. The Balaban J connectivity index is 1.64. The third kappa shape index (κ3) is 4.52. The van der Waals surface area contributed by atoms with Crippen LogP contribution in [-0.2, 0) is 12.5 Å². The summed E-state index contributed by atoms with van der Waals surface area (Å²) in [5.41, 5.74) is 5.30. The molecule has 3 aromatic rings. The second-order valence-electron chi connectivity index (χ2n) is 9.27. The molecule has 1 fully saturated rings. The fraction of sp³-hybridized carbons (Fsp3) is 0.400. The summed E-state index contributed by atoms with van der Waals surface area (Å²) in [6.45, 7) is 8.10. The molecule has 4 rings (SSSR count). The highest BCUT2D eigenvalue weighted by Crippen LogP contribution is 2.33. The lowest BCUT2D eigenvalue weighted by Gasteiger charge is -2.26. The van der Waals surface area contributed by atoms with Crippen molar-refractivity contribution in [1.29, 1.82) is 0 Å². The van der Waals surface area contributed by atoms with Crippen molar-refractivity contribution in [3.8, 4) is 22.5 Å². The minimum absolute atomic E-state index is 0.0341. The van der Waals surface area contributed by atoms with Gasteiger partial charge in [-0.2, -0.15) is 5.10 Å². The number of hydrogen-bond acceptors (Lipinski definition) is 3. The molecule has 0 N–H and O–H groups in total. The Labute approximate surface area is 189 Å². The van der Waals surface area contributed by atoms with Gasteiger partial charge in [-0.25, -0.2) is 0 Å². The van der Waals surface area contributed by atoms with E-state index in [1.54, 1.807) is 6.07 Å². The third-order valence-electron chi connectivity index (χ3n) is 5.84. The quantitative estimate of drug-likeness (QED) is 0.527. The zero-order valence-electron chi connectivity index (χ0n) is 18.7. The van der Waals surface area contributed by atoms with Gasteiger partial charge in [0.05, 0.1) is 16.4 Å². The number of amides is 1. The van der Waals surface area contributed by atoms with Gasteiger partial charge >= 0.3 is 0 Å². The lowest BCUT2D eigenvalue weighted by molar-refractivity contribution is 0.0724. The van der Waals surface area contributed by atoms with E-state index in [4.69, 9.17) is 16.7 Å². The summed E-state index contributed by atoms with van der Waals surface area (Å²) in [7, 11) is 1.91. The fourth-order valence-electron chi connectivity index (χ4n) is 4.00. The summed E-state index contributed by atoms with van der Waals surface area (Å²) in [4.78, 5) is 19.2. The number of carbonyl (C=O) groups excluding carboxylic acids is 1. The van der Waals surface area contributed by atoms with E-state index in [1.807, 2.05) is 47.1 Å². The number of nitrogens with zero attached hydrogens (tertiary/aromatic N) is 4. The second kappa shape index (κ2) is 8.46. The summed E-state index contributed by atoms with van der Waals surface area (Å²) in [6.07, 6.45) is 5.17. The first kappa shape index (κ1) is 21.6. The fourth-order valence-corrected chi connectivity index (χ4v) is 4.27. The van der Waals surface area contributed by atoms with Gasteiger partial charge in [0.2, 0.25) is 0 Å². The molecule has 0 unspecified atom stereocenters. The van der Waals surface area contributed by atoms with Gasteiger partial charge in [-0.1, -0.05) is 38.4 Å². The second-order valence-corrected chi connectivity index (χ2v) is 9.67. The Hall–Kier alpha value is -2.66. The zero-order valence-corrected chi connectivity index (χ0v) is 19.4. The van der Waals surface area contributed by atoms with Gasteiger partial charge in [0.1, 0.15) is 0 Å². The Morgan fingerprint density at radius 1 is 1.03 bits per heavy atom. The molecule has 1 aromatic carbocycles. The standard InChI is InChI=1S/C25H29ClN4O/c1-25(2,3)23-15-17(10-11-27-23)21-16-22(29(4)28-21)19-9-8-18(14-20(19)26)24(31)30-12-6-5-7-13-30/h8-11,14-16H,5-7,12-13H2,1-4H3. The zero-order chi connectivity index (χ0) is 22.2. The number of aromatic nitrogens is 3. The van der Waals surface area contributed by atoms with Crippen LogP contribution < -0.4 is 0 Å². The van der Waals surface area contributed by atoms with Crippen LogP contribution >= 0.6 is 11.6 Å². The van der Waals surface area contributed by atoms with Crippen LogP contribution in [-0.4, -0.2) is 38.7 Å². The molecule has 5 nitrogen and oxygen atoms in total. The molecule has 2 aromatic heterocycles. The highest BCUT2D eigenvalue weighted by molar-refractivity contribution is 6.33. The molecule has 0 spiro atoms. The molecule has 3 heterocycles. The van der Waals surface area contributed by atoms with Crippen molar-refractivity contribution in [2.45, 2.75) is 45.4 Å². The molecule has 6 heteroatoms. The van der Waals surface area contributed by atoms with Crippen LogP contribution in [0.3, 0.4) is 0 Å². The van der Waals surface area contributed by atoms with E-state index in [0.717, 1.165) is 54.1 Å². The first-order chi connectivity index (χ1) is 14.7. The number of pyridine rings is 1. The first-order valence-electron chi connectivity index (χ1n) is 10.8. The predicted octanol–water partition coefficient (Wildman–Crippen LogP) is 5.73. The monoisotopic (exact) mass is 436 g/mol. The van der Waals surface area contributed by atoms with Crippen molar-refractivity contribution >= 4 is 17.5 Å². The molecule has 0 saturated carbocycles. The van der Waals surface area contributed by atoms with Crippen LogP contribution in [0.25, 0.3) is 22.5 Å². The van der Waals surface area contributed by atoms with Crippen LogP contribution in [0.2, 0.25) is 5.02 Å². The highest BCUT2D eigenvalue weighted by Gasteiger charge is 2.21. The Kier molecular flexibility index (Phi) is 5.89. The van der Waals surface area contributed by atoms with Gasteiger partial charge in [0.25, 0.3) is 5.91 Å². The van der Waals surface area contributed by atoms with Crippen molar-refractivity contribution in [2.75, 3.05) is 13.1 Å². The maximum absolute atomic E-state index is 12.8. The molecular formula is C25H29ClN4O. The van der Waals surface area contributed by atoms with E-state index >= 15 is 0 Å². The van der Waals surface area contributed by atoms with E-state index < -0.39 is 0 Å².